The van der Waals surface area contributed by atoms with Gasteiger partial charge in [0.1, 0.15) is 0 Å². The zero-order valence-corrected chi connectivity index (χ0v) is 8.24. The fraction of sp³-hybridized carbons (Fsp3) is 1.00. The summed E-state index contributed by atoms with van der Waals surface area (Å²) in [5, 5.41) is 9.41. The molecule has 0 unspecified atom stereocenters. The van der Waals surface area contributed by atoms with Gasteiger partial charge in [0.2, 0.25) is 0 Å². The Morgan fingerprint density at radius 2 is 2.40 bits per heavy atom. The van der Waals surface area contributed by atoms with Gasteiger partial charge in [-0.15, -0.1) is 0 Å². The van der Waals surface area contributed by atoms with Crippen LogP contribution in [-0.2, 0) is 7.80 Å². The molecule has 0 aliphatic carbocycles. The first-order valence-electron chi connectivity index (χ1n) is 3.21. The van der Waals surface area contributed by atoms with Crippen LogP contribution in [0.2, 0.25) is 0 Å². The van der Waals surface area contributed by atoms with Gasteiger partial charge in [-0.25, -0.2) is 0 Å². The Hall–Kier alpha value is 0.610. The summed E-state index contributed by atoms with van der Waals surface area (Å²) >= 11 is -0.184. The van der Waals surface area contributed by atoms with Crippen molar-refractivity contribution in [3.63, 3.8) is 0 Å². The van der Waals surface area contributed by atoms with E-state index in [0.717, 1.165) is 4.43 Å². The first-order valence-corrected chi connectivity index (χ1v) is 5.62. The zero-order chi connectivity index (χ0) is 7.56. The van der Waals surface area contributed by atoms with Gasteiger partial charge >= 0.3 is 71.3 Å². The summed E-state index contributed by atoms with van der Waals surface area (Å²) in [6.07, 6.45) is -0.457. The molecule has 0 radical (unpaired) electrons. The van der Waals surface area contributed by atoms with Crippen LogP contribution in [-0.4, -0.2) is 35.0 Å². The van der Waals surface area contributed by atoms with E-state index in [1.165, 1.54) is 0 Å². The Bertz CT molecular complexity index is 109. The molecule has 0 amide bonds. The van der Waals surface area contributed by atoms with Crippen molar-refractivity contribution in [2.24, 2.45) is 0 Å². The zero-order valence-electron chi connectivity index (χ0n) is 6.08. The normalized spacial score (nSPS) is 42.5. The van der Waals surface area contributed by atoms with E-state index < -0.39 is 6.10 Å². The molecule has 0 aromatic carbocycles. The third kappa shape index (κ3) is 1.81. The van der Waals surface area contributed by atoms with E-state index in [4.69, 9.17) is 7.80 Å². The third-order valence-electron chi connectivity index (χ3n) is 1.58. The van der Waals surface area contributed by atoms with Crippen molar-refractivity contribution >= 4 is 0 Å². The standard InChI is InChI=1S/C6H12IO3/c1-4-6(8)5(9-2)3-7-10-4/h4-6,8H,3H2,1-2H3/q-1/t4-,5-,6-/m0/s1. The van der Waals surface area contributed by atoms with Gasteiger partial charge in [-0.2, -0.15) is 0 Å². The second-order valence-corrected chi connectivity index (χ2v) is 4.33. The Kier molecular flexibility index (Phi) is 3.35. The molecule has 0 aromatic heterocycles. The van der Waals surface area contributed by atoms with Crippen LogP contribution in [0.5, 0.6) is 0 Å². The molecule has 0 spiro atoms. The number of alkyl halides is 1. The van der Waals surface area contributed by atoms with E-state index in [-0.39, 0.29) is 33.8 Å². The average molecular weight is 259 g/mol. The van der Waals surface area contributed by atoms with Gasteiger partial charge < -0.3 is 0 Å². The predicted octanol–water partition coefficient (Wildman–Crippen LogP) is -3.21. The Balaban J connectivity index is 2.42. The predicted molar refractivity (Wildman–Crippen MR) is 32.2 cm³/mol. The number of hydrogen-bond acceptors (Lipinski definition) is 3. The number of ether oxygens (including phenoxy) is 1. The maximum absolute atomic E-state index is 9.41. The van der Waals surface area contributed by atoms with Crippen LogP contribution < -0.4 is 21.6 Å². The van der Waals surface area contributed by atoms with Gasteiger partial charge in [0.15, 0.2) is 0 Å². The second kappa shape index (κ2) is 3.85. The van der Waals surface area contributed by atoms with Crippen molar-refractivity contribution in [2.45, 2.75) is 25.2 Å². The Morgan fingerprint density at radius 1 is 1.70 bits per heavy atom. The van der Waals surface area contributed by atoms with E-state index in [9.17, 15) is 5.11 Å². The molecule has 1 fully saturated rings. The van der Waals surface area contributed by atoms with Crippen molar-refractivity contribution < 1.29 is 34.5 Å². The summed E-state index contributed by atoms with van der Waals surface area (Å²) in [5.74, 6) is 0. The molecule has 1 aliphatic rings. The van der Waals surface area contributed by atoms with Gasteiger partial charge in [-0.3, -0.25) is 0 Å². The van der Waals surface area contributed by atoms with E-state index in [2.05, 4.69) is 0 Å². The molecule has 1 aliphatic heterocycles. The topological polar surface area (TPSA) is 38.7 Å². The second-order valence-electron chi connectivity index (χ2n) is 2.32. The molecule has 0 aromatic rings. The molecular formula is C6H12IO3-. The third-order valence-corrected chi connectivity index (χ3v) is 3.97. The monoisotopic (exact) mass is 259 g/mol. The SMILES string of the molecule is CO[C@H]1C[I-]O[C@@H](C)[C@@H]1O. The number of hydrogen-bond donors (Lipinski definition) is 1. The first-order chi connectivity index (χ1) is 4.75. The first kappa shape index (κ1) is 8.70. The molecule has 0 bridgehead atoms. The molecule has 3 atom stereocenters. The number of halogens is 1. The van der Waals surface area contributed by atoms with E-state index in [1.54, 1.807) is 7.11 Å². The van der Waals surface area contributed by atoms with Crippen LogP contribution >= 0.6 is 0 Å². The molecule has 4 heteroatoms. The molecule has 62 valence electrons. The molecule has 1 rings (SSSR count). The summed E-state index contributed by atoms with van der Waals surface area (Å²) in [7, 11) is 1.63. The maximum atomic E-state index is 9.41. The van der Waals surface area contributed by atoms with Crippen LogP contribution in [0.15, 0.2) is 0 Å². The summed E-state index contributed by atoms with van der Waals surface area (Å²) in [5.41, 5.74) is 0. The number of rotatable bonds is 1. The summed E-state index contributed by atoms with van der Waals surface area (Å²) in [4.78, 5) is 0. The molecule has 3 nitrogen and oxygen atoms in total. The summed E-state index contributed by atoms with van der Waals surface area (Å²) in [6.45, 7) is 1.88. The summed E-state index contributed by atoms with van der Waals surface area (Å²) in [6, 6.07) is 0. The molecule has 1 heterocycles. The number of aliphatic hydroxyl groups excluding tert-OH is 1. The quantitative estimate of drug-likeness (QED) is 0.398. The minimum absolute atomic E-state index is 0.0107. The van der Waals surface area contributed by atoms with Gasteiger partial charge in [-0.05, 0) is 0 Å². The van der Waals surface area contributed by atoms with Crippen molar-refractivity contribution in [1.82, 2.24) is 0 Å². The fourth-order valence-corrected chi connectivity index (χ4v) is 3.16. The Morgan fingerprint density at radius 3 is 2.90 bits per heavy atom. The number of aliphatic hydroxyl groups is 1. The molecule has 1 N–H and O–H groups in total. The van der Waals surface area contributed by atoms with Crippen LogP contribution in [0.1, 0.15) is 6.92 Å². The molecule has 1 saturated heterocycles. The molecule has 10 heavy (non-hydrogen) atoms. The van der Waals surface area contributed by atoms with Gasteiger partial charge in [-0.1, -0.05) is 0 Å². The van der Waals surface area contributed by atoms with E-state index in [0.29, 0.717) is 0 Å². The number of methoxy groups -OCH3 is 1. The van der Waals surface area contributed by atoms with Crippen LogP contribution in [0.25, 0.3) is 0 Å². The van der Waals surface area contributed by atoms with Crippen LogP contribution in [0.4, 0.5) is 0 Å². The fourth-order valence-electron chi connectivity index (χ4n) is 0.846. The van der Waals surface area contributed by atoms with Crippen molar-refractivity contribution in [3.05, 3.63) is 0 Å². The molecular weight excluding hydrogens is 247 g/mol. The average Bonchev–Trinajstić information content (AvgIpc) is 1.95. The van der Waals surface area contributed by atoms with E-state index in [1.807, 2.05) is 6.92 Å². The molecule has 0 saturated carbocycles. The van der Waals surface area contributed by atoms with E-state index >= 15 is 0 Å². The summed E-state index contributed by atoms with van der Waals surface area (Å²) < 4.78 is 11.3. The van der Waals surface area contributed by atoms with Gasteiger partial charge in [0.25, 0.3) is 0 Å². The van der Waals surface area contributed by atoms with Crippen LogP contribution in [0, 0.1) is 0 Å². The van der Waals surface area contributed by atoms with Crippen LogP contribution in [0.3, 0.4) is 0 Å². The van der Waals surface area contributed by atoms with Gasteiger partial charge in [0, 0.05) is 0 Å². The van der Waals surface area contributed by atoms with Crippen molar-refractivity contribution in [1.29, 1.82) is 0 Å². The van der Waals surface area contributed by atoms with Crippen molar-refractivity contribution in [2.75, 3.05) is 11.5 Å². The van der Waals surface area contributed by atoms with Gasteiger partial charge in [0.05, 0.1) is 0 Å². The minimum atomic E-state index is -0.432. The Labute approximate surface area is 71.5 Å². The van der Waals surface area contributed by atoms with Crippen molar-refractivity contribution in [3.8, 4) is 0 Å².